The summed E-state index contributed by atoms with van der Waals surface area (Å²) in [6, 6.07) is 0. The van der Waals surface area contributed by atoms with Crippen molar-refractivity contribution in [1.29, 1.82) is 0 Å². The average molecular weight is 167 g/mol. The first kappa shape index (κ1) is 8.09. The molecule has 2 nitrogen and oxygen atoms in total. The van der Waals surface area contributed by atoms with Gasteiger partial charge in [0.05, 0.1) is 32.1 Å². The van der Waals surface area contributed by atoms with E-state index in [2.05, 4.69) is 23.3 Å². The van der Waals surface area contributed by atoms with Gasteiger partial charge in [-0.1, -0.05) is 13.8 Å². The molecule has 0 atom stereocenters. The van der Waals surface area contributed by atoms with Crippen LogP contribution in [0.25, 0.3) is 0 Å². The van der Waals surface area contributed by atoms with E-state index in [0.717, 1.165) is 0 Å². The van der Waals surface area contributed by atoms with Gasteiger partial charge in [0.15, 0.2) is 0 Å². The number of hydrogen-bond donors (Lipinski definition) is 0. The molecule has 0 radical (unpaired) electrons. The number of hydrogen-bond acceptors (Lipinski definition) is 0. The Bertz CT molecular complexity index is 196. The average Bonchev–Trinajstić information content (AvgIpc) is 1.77. The molecule has 0 bridgehead atoms. The maximum atomic E-state index is 2.55. The molecule has 2 saturated heterocycles. The Morgan fingerprint density at radius 1 is 1.17 bits per heavy atom. The normalized spacial score (nSPS) is 22.2. The molecule has 0 unspecified atom stereocenters. The number of rotatable bonds is 1. The monoisotopic (exact) mass is 167 g/mol. The van der Waals surface area contributed by atoms with Crippen LogP contribution in [0.15, 0.2) is 0 Å². The molecule has 2 heteroatoms. The van der Waals surface area contributed by atoms with Gasteiger partial charge in [-0.3, -0.25) is 9.48 Å². The Kier molecular flexibility index (Phi) is 2.07. The van der Waals surface area contributed by atoms with E-state index in [1.165, 1.54) is 39.0 Å². The van der Waals surface area contributed by atoms with Gasteiger partial charge in [0.25, 0.3) is 0 Å². The molecule has 0 saturated carbocycles. The predicted octanol–water partition coefficient (Wildman–Crippen LogP) is 1.16. The zero-order valence-corrected chi connectivity index (χ0v) is 8.21. The maximum Gasteiger partial charge on any atom is 0.249 e. The zero-order chi connectivity index (χ0) is 8.55. The van der Waals surface area contributed by atoms with Crippen LogP contribution in [-0.4, -0.2) is 41.5 Å². The smallest absolute Gasteiger partial charge is 0.249 e. The number of nitrogens with zero attached hydrogens (tertiary/aromatic N) is 2. The summed E-state index contributed by atoms with van der Waals surface area (Å²) >= 11 is 0. The van der Waals surface area contributed by atoms with Crippen LogP contribution in [0.3, 0.4) is 0 Å². The number of likely N-dealkylation sites (tertiary alicyclic amines) is 1. The van der Waals surface area contributed by atoms with Gasteiger partial charge in [-0.05, 0) is 0 Å². The molecule has 0 spiro atoms. The van der Waals surface area contributed by atoms with Crippen molar-refractivity contribution in [3.8, 4) is 0 Å². The quantitative estimate of drug-likeness (QED) is 0.419. The minimum atomic E-state index is 0.714. The molecule has 2 aliphatic rings. The minimum absolute atomic E-state index is 0.714. The molecule has 0 aromatic rings. The van der Waals surface area contributed by atoms with Crippen LogP contribution in [0.5, 0.6) is 0 Å². The highest BCUT2D eigenvalue weighted by Crippen LogP contribution is 2.15. The summed E-state index contributed by atoms with van der Waals surface area (Å²) in [7, 11) is 0. The molecule has 0 aromatic carbocycles. The summed E-state index contributed by atoms with van der Waals surface area (Å²) < 4.78 is 2.55. The van der Waals surface area contributed by atoms with Crippen LogP contribution in [-0.2, 0) is 0 Å². The van der Waals surface area contributed by atoms with E-state index in [9.17, 15) is 0 Å². The summed E-state index contributed by atoms with van der Waals surface area (Å²) in [6.45, 7) is 9.81. The summed E-state index contributed by atoms with van der Waals surface area (Å²) in [5.41, 5.74) is 0. The lowest BCUT2D eigenvalue weighted by atomic mass is 10.1. The Morgan fingerprint density at radius 2 is 1.83 bits per heavy atom. The van der Waals surface area contributed by atoms with Crippen molar-refractivity contribution in [3.63, 3.8) is 0 Å². The lowest BCUT2D eigenvalue weighted by molar-refractivity contribution is -0.590. The van der Waals surface area contributed by atoms with Crippen molar-refractivity contribution in [1.82, 2.24) is 4.90 Å². The molecule has 0 aliphatic carbocycles. The predicted molar refractivity (Wildman–Crippen MR) is 50.6 cm³/mol. The first-order valence-corrected chi connectivity index (χ1v) is 5.16. The SMILES string of the molecule is CC(C)C(N1CCC1)=[N+]1CCC1. The van der Waals surface area contributed by atoms with E-state index in [-0.39, 0.29) is 0 Å². The topological polar surface area (TPSA) is 6.25 Å². The Balaban J connectivity index is 2.11. The van der Waals surface area contributed by atoms with Gasteiger partial charge in [-0.2, -0.15) is 0 Å². The van der Waals surface area contributed by atoms with Crippen LogP contribution in [0.1, 0.15) is 26.7 Å². The molecule has 0 N–H and O–H groups in total. The fraction of sp³-hybridized carbons (Fsp3) is 0.900. The molecule has 2 heterocycles. The zero-order valence-electron chi connectivity index (χ0n) is 8.21. The van der Waals surface area contributed by atoms with Crippen molar-refractivity contribution in [3.05, 3.63) is 0 Å². The highest BCUT2D eigenvalue weighted by molar-refractivity contribution is 5.80. The molecular weight excluding hydrogens is 148 g/mol. The van der Waals surface area contributed by atoms with Crippen molar-refractivity contribution in [2.75, 3.05) is 26.2 Å². The Morgan fingerprint density at radius 3 is 2.08 bits per heavy atom. The van der Waals surface area contributed by atoms with Gasteiger partial charge in [-0.15, -0.1) is 0 Å². The first-order chi connectivity index (χ1) is 5.79. The van der Waals surface area contributed by atoms with E-state index < -0.39 is 0 Å². The lowest BCUT2D eigenvalue weighted by Crippen LogP contribution is -2.51. The van der Waals surface area contributed by atoms with Crippen molar-refractivity contribution in [2.45, 2.75) is 26.7 Å². The second-order valence-corrected chi connectivity index (χ2v) is 4.19. The van der Waals surface area contributed by atoms with Crippen molar-refractivity contribution in [2.24, 2.45) is 5.92 Å². The van der Waals surface area contributed by atoms with Crippen molar-refractivity contribution < 1.29 is 4.58 Å². The van der Waals surface area contributed by atoms with E-state index in [1.54, 1.807) is 5.84 Å². The third-order valence-electron chi connectivity index (χ3n) is 2.88. The van der Waals surface area contributed by atoms with Crippen LogP contribution < -0.4 is 0 Å². The second-order valence-electron chi connectivity index (χ2n) is 4.19. The molecule has 0 amide bonds. The summed E-state index contributed by atoms with van der Waals surface area (Å²) in [5, 5.41) is 0. The van der Waals surface area contributed by atoms with Crippen LogP contribution >= 0.6 is 0 Å². The van der Waals surface area contributed by atoms with Crippen LogP contribution in [0.2, 0.25) is 0 Å². The van der Waals surface area contributed by atoms with E-state index in [1.807, 2.05) is 0 Å². The molecule has 12 heavy (non-hydrogen) atoms. The molecule has 0 aromatic heterocycles. The van der Waals surface area contributed by atoms with Crippen LogP contribution in [0, 0.1) is 5.92 Å². The minimum Gasteiger partial charge on any atom is -0.265 e. The van der Waals surface area contributed by atoms with Crippen LogP contribution in [0.4, 0.5) is 0 Å². The fourth-order valence-corrected chi connectivity index (χ4v) is 2.02. The Labute approximate surface area is 74.9 Å². The van der Waals surface area contributed by atoms with Gasteiger partial charge in [0, 0.05) is 12.8 Å². The van der Waals surface area contributed by atoms with Gasteiger partial charge in [-0.25, -0.2) is 0 Å². The van der Waals surface area contributed by atoms with E-state index in [4.69, 9.17) is 0 Å². The van der Waals surface area contributed by atoms with Gasteiger partial charge >= 0.3 is 0 Å². The molecule has 2 aliphatic heterocycles. The Hall–Kier alpha value is -0.530. The van der Waals surface area contributed by atoms with E-state index in [0.29, 0.717) is 5.92 Å². The molecule has 2 fully saturated rings. The van der Waals surface area contributed by atoms with Crippen molar-refractivity contribution >= 4 is 5.84 Å². The summed E-state index contributed by atoms with van der Waals surface area (Å²) in [4.78, 5) is 2.55. The number of amidine groups is 1. The molecule has 68 valence electrons. The standard InChI is InChI=1S/C10H19N2/c1-9(2)10(11-5-3-6-11)12-7-4-8-12/h9H,3-8H2,1-2H3/q+1. The molecular formula is C10H19N2+. The summed E-state index contributed by atoms with van der Waals surface area (Å²) in [6.07, 6.45) is 2.79. The highest BCUT2D eigenvalue weighted by atomic mass is 15.3. The van der Waals surface area contributed by atoms with Gasteiger partial charge in [0.2, 0.25) is 5.84 Å². The fourth-order valence-electron chi connectivity index (χ4n) is 2.02. The second kappa shape index (κ2) is 3.08. The molecule has 2 rings (SSSR count). The third-order valence-corrected chi connectivity index (χ3v) is 2.88. The van der Waals surface area contributed by atoms with Gasteiger partial charge in [0.1, 0.15) is 0 Å². The van der Waals surface area contributed by atoms with E-state index >= 15 is 0 Å². The highest BCUT2D eigenvalue weighted by Gasteiger charge is 2.32. The van der Waals surface area contributed by atoms with Gasteiger partial charge < -0.3 is 0 Å². The largest absolute Gasteiger partial charge is 0.265 e. The summed E-state index contributed by atoms with van der Waals surface area (Å²) in [5.74, 6) is 2.32. The first-order valence-electron chi connectivity index (χ1n) is 5.16. The maximum absolute atomic E-state index is 2.55. The lowest BCUT2D eigenvalue weighted by Gasteiger charge is -2.33. The third kappa shape index (κ3) is 1.23.